The molecular formula is C14H23NO3. The molecule has 0 saturated heterocycles. The van der Waals surface area contributed by atoms with Crippen molar-refractivity contribution >= 4 is 0 Å². The summed E-state index contributed by atoms with van der Waals surface area (Å²) in [6.07, 6.45) is 1.16. The maximum atomic E-state index is 5.77. The molecule has 18 heavy (non-hydrogen) atoms. The number of hydrogen-bond donors (Lipinski definition) is 1. The molecule has 0 radical (unpaired) electrons. The SMILES string of the molecule is COCCCNCC(C)Oc1ccc(OC)cc1. The molecule has 102 valence electrons. The van der Waals surface area contributed by atoms with Crippen molar-refractivity contribution in [2.75, 3.05) is 33.9 Å². The Hall–Kier alpha value is -1.26. The number of rotatable bonds is 9. The van der Waals surface area contributed by atoms with E-state index in [0.717, 1.165) is 37.6 Å². The lowest BCUT2D eigenvalue weighted by atomic mass is 10.3. The molecule has 0 bridgehead atoms. The molecular weight excluding hydrogens is 230 g/mol. The van der Waals surface area contributed by atoms with E-state index in [1.807, 2.05) is 31.2 Å². The van der Waals surface area contributed by atoms with Gasteiger partial charge in [0.05, 0.1) is 7.11 Å². The molecule has 0 saturated carbocycles. The fourth-order valence-corrected chi connectivity index (χ4v) is 1.58. The second kappa shape index (κ2) is 8.78. The Bertz CT molecular complexity index is 313. The first kappa shape index (κ1) is 14.8. The smallest absolute Gasteiger partial charge is 0.120 e. The van der Waals surface area contributed by atoms with Crippen molar-refractivity contribution in [2.24, 2.45) is 0 Å². The van der Waals surface area contributed by atoms with Gasteiger partial charge in [0.1, 0.15) is 17.6 Å². The molecule has 0 aliphatic carbocycles. The van der Waals surface area contributed by atoms with Crippen molar-refractivity contribution in [2.45, 2.75) is 19.4 Å². The summed E-state index contributed by atoms with van der Waals surface area (Å²) in [6, 6.07) is 7.63. The largest absolute Gasteiger partial charge is 0.497 e. The molecule has 0 spiro atoms. The molecule has 1 N–H and O–H groups in total. The Morgan fingerprint density at radius 1 is 1.11 bits per heavy atom. The minimum absolute atomic E-state index is 0.140. The van der Waals surface area contributed by atoms with Gasteiger partial charge in [0.15, 0.2) is 0 Å². The van der Waals surface area contributed by atoms with E-state index in [0.29, 0.717) is 0 Å². The topological polar surface area (TPSA) is 39.7 Å². The second-order valence-corrected chi connectivity index (χ2v) is 4.15. The van der Waals surface area contributed by atoms with Gasteiger partial charge < -0.3 is 19.5 Å². The lowest BCUT2D eigenvalue weighted by Gasteiger charge is -2.15. The van der Waals surface area contributed by atoms with Gasteiger partial charge in [-0.15, -0.1) is 0 Å². The van der Waals surface area contributed by atoms with Crippen LogP contribution < -0.4 is 14.8 Å². The van der Waals surface area contributed by atoms with Crippen LogP contribution in [0.2, 0.25) is 0 Å². The summed E-state index contributed by atoms with van der Waals surface area (Å²) >= 11 is 0. The van der Waals surface area contributed by atoms with Gasteiger partial charge in [-0.25, -0.2) is 0 Å². The third kappa shape index (κ3) is 5.89. The van der Waals surface area contributed by atoms with Gasteiger partial charge in [-0.05, 0) is 44.2 Å². The van der Waals surface area contributed by atoms with Gasteiger partial charge >= 0.3 is 0 Å². The predicted octanol–water partition coefficient (Wildman–Crippen LogP) is 2.09. The molecule has 0 aliphatic heterocycles. The summed E-state index contributed by atoms with van der Waals surface area (Å²) in [5.74, 6) is 1.70. The Balaban J connectivity index is 2.20. The second-order valence-electron chi connectivity index (χ2n) is 4.15. The number of hydrogen-bond acceptors (Lipinski definition) is 4. The molecule has 4 heteroatoms. The maximum Gasteiger partial charge on any atom is 0.120 e. The minimum atomic E-state index is 0.140. The van der Waals surface area contributed by atoms with Crippen molar-refractivity contribution in [3.63, 3.8) is 0 Å². The first-order chi connectivity index (χ1) is 8.76. The summed E-state index contributed by atoms with van der Waals surface area (Å²) in [5.41, 5.74) is 0. The van der Waals surface area contributed by atoms with Crippen LogP contribution in [0.1, 0.15) is 13.3 Å². The van der Waals surface area contributed by atoms with Crippen LogP contribution in [-0.2, 0) is 4.74 Å². The van der Waals surface area contributed by atoms with E-state index >= 15 is 0 Å². The fourth-order valence-electron chi connectivity index (χ4n) is 1.58. The van der Waals surface area contributed by atoms with Crippen LogP contribution in [0.3, 0.4) is 0 Å². The van der Waals surface area contributed by atoms with E-state index in [-0.39, 0.29) is 6.10 Å². The fraction of sp³-hybridized carbons (Fsp3) is 0.571. The molecule has 1 aromatic rings. The standard InChI is InChI=1S/C14H23NO3/c1-12(11-15-9-4-10-16-2)18-14-7-5-13(17-3)6-8-14/h5-8,12,15H,4,9-11H2,1-3H3. The first-order valence-electron chi connectivity index (χ1n) is 6.26. The van der Waals surface area contributed by atoms with Gasteiger partial charge in [0, 0.05) is 20.3 Å². The number of methoxy groups -OCH3 is 2. The third-order valence-corrected chi connectivity index (χ3v) is 2.53. The number of benzene rings is 1. The van der Waals surface area contributed by atoms with Crippen LogP contribution in [0.25, 0.3) is 0 Å². The van der Waals surface area contributed by atoms with Gasteiger partial charge in [0.2, 0.25) is 0 Å². The molecule has 1 unspecified atom stereocenters. The van der Waals surface area contributed by atoms with Crippen LogP contribution in [0.5, 0.6) is 11.5 Å². The highest BCUT2D eigenvalue weighted by Gasteiger charge is 2.03. The van der Waals surface area contributed by atoms with E-state index in [2.05, 4.69) is 5.32 Å². The van der Waals surface area contributed by atoms with Crippen LogP contribution in [-0.4, -0.2) is 40.0 Å². The zero-order valence-corrected chi connectivity index (χ0v) is 11.4. The van der Waals surface area contributed by atoms with Crippen LogP contribution in [0, 0.1) is 0 Å². The molecule has 1 atom stereocenters. The highest BCUT2D eigenvalue weighted by atomic mass is 16.5. The summed E-state index contributed by atoms with van der Waals surface area (Å²) in [6.45, 7) is 4.62. The van der Waals surface area contributed by atoms with Crippen LogP contribution >= 0.6 is 0 Å². The van der Waals surface area contributed by atoms with E-state index in [1.54, 1.807) is 14.2 Å². The summed E-state index contributed by atoms with van der Waals surface area (Å²) < 4.78 is 15.9. The molecule has 1 rings (SSSR count). The Kier molecular flexibility index (Phi) is 7.22. The van der Waals surface area contributed by atoms with Gasteiger partial charge in [-0.2, -0.15) is 0 Å². The molecule has 0 fully saturated rings. The summed E-state index contributed by atoms with van der Waals surface area (Å²) in [7, 11) is 3.37. The van der Waals surface area contributed by atoms with Crippen molar-refractivity contribution in [1.29, 1.82) is 0 Å². The van der Waals surface area contributed by atoms with E-state index in [9.17, 15) is 0 Å². The highest BCUT2D eigenvalue weighted by Crippen LogP contribution is 2.17. The molecule has 4 nitrogen and oxygen atoms in total. The van der Waals surface area contributed by atoms with Gasteiger partial charge in [-0.3, -0.25) is 0 Å². The molecule has 0 heterocycles. The molecule has 0 aromatic heterocycles. The van der Waals surface area contributed by atoms with Gasteiger partial charge in [-0.1, -0.05) is 0 Å². The number of nitrogens with one attached hydrogen (secondary N) is 1. The van der Waals surface area contributed by atoms with Gasteiger partial charge in [0.25, 0.3) is 0 Å². The predicted molar refractivity (Wildman–Crippen MR) is 72.4 cm³/mol. The lowest BCUT2D eigenvalue weighted by Crippen LogP contribution is -2.30. The minimum Gasteiger partial charge on any atom is -0.497 e. The zero-order chi connectivity index (χ0) is 13.2. The van der Waals surface area contributed by atoms with Crippen LogP contribution in [0.4, 0.5) is 0 Å². The summed E-state index contributed by atoms with van der Waals surface area (Å²) in [4.78, 5) is 0. The maximum absolute atomic E-state index is 5.77. The molecule has 0 amide bonds. The Labute approximate surface area is 109 Å². The van der Waals surface area contributed by atoms with E-state index in [4.69, 9.17) is 14.2 Å². The summed E-state index contributed by atoms with van der Waals surface area (Å²) in [5, 5.41) is 3.33. The average molecular weight is 253 g/mol. The lowest BCUT2D eigenvalue weighted by molar-refractivity contribution is 0.188. The zero-order valence-electron chi connectivity index (χ0n) is 11.4. The number of ether oxygens (including phenoxy) is 3. The Morgan fingerprint density at radius 3 is 2.39 bits per heavy atom. The van der Waals surface area contributed by atoms with Crippen molar-refractivity contribution in [3.8, 4) is 11.5 Å². The van der Waals surface area contributed by atoms with Crippen molar-refractivity contribution in [1.82, 2.24) is 5.32 Å². The molecule has 1 aromatic carbocycles. The van der Waals surface area contributed by atoms with Crippen molar-refractivity contribution in [3.05, 3.63) is 24.3 Å². The van der Waals surface area contributed by atoms with E-state index in [1.165, 1.54) is 0 Å². The third-order valence-electron chi connectivity index (χ3n) is 2.53. The molecule has 0 aliphatic rings. The first-order valence-corrected chi connectivity index (χ1v) is 6.26. The highest BCUT2D eigenvalue weighted by molar-refractivity contribution is 5.31. The monoisotopic (exact) mass is 253 g/mol. The van der Waals surface area contributed by atoms with Crippen LogP contribution in [0.15, 0.2) is 24.3 Å². The van der Waals surface area contributed by atoms with E-state index < -0.39 is 0 Å². The Morgan fingerprint density at radius 2 is 1.78 bits per heavy atom. The average Bonchev–Trinajstić information content (AvgIpc) is 2.39. The normalized spacial score (nSPS) is 12.2. The van der Waals surface area contributed by atoms with Crippen molar-refractivity contribution < 1.29 is 14.2 Å². The quantitative estimate of drug-likeness (QED) is 0.684.